The Bertz CT molecular complexity index is 1340. The normalized spacial score (nSPS) is 20.6. The maximum absolute atomic E-state index is 13.2. The minimum Gasteiger partial charge on any atom is -0.394 e. The molecule has 0 saturated carbocycles. The molecule has 0 bridgehead atoms. The summed E-state index contributed by atoms with van der Waals surface area (Å²) in [6.07, 6.45) is 51.3. The van der Waals surface area contributed by atoms with Gasteiger partial charge in [0.05, 0.1) is 25.4 Å². The predicted octanol–water partition coefficient (Wildman–Crippen LogP) is 12.2. The van der Waals surface area contributed by atoms with Crippen LogP contribution in [0.3, 0.4) is 0 Å². The molecule has 1 aliphatic heterocycles. The zero-order chi connectivity index (χ0) is 51.8. The molecule has 1 saturated heterocycles. The maximum atomic E-state index is 13.2. The van der Waals surface area contributed by atoms with Gasteiger partial charge in [-0.05, 0) is 89.9 Å². The lowest BCUT2D eigenvalue weighted by molar-refractivity contribution is -0.303. The Morgan fingerprint density at radius 3 is 1.41 bits per heavy atom. The fourth-order valence-corrected chi connectivity index (χ4v) is 9.04. The number of allylic oxidation sites excluding steroid dienone is 10. The fourth-order valence-electron chi connectivity index (χ4n) is 9.04. The molecular formula is C60H109NO10. The number of ether oxygens (including phenoxy) is 2. The van der Waals surface area contributed by atoms with Gasteiger partial charge in [0.1, 0.15) is 36.6 Å². The number of carbonyl (C=O) groups is 1. The second kappa shape index (κ2) is 48.7. The molecule has 11 heteroatoms. The van der Waals surface area contributed by atoms with Crippen molar-refractivity contribution >= 4 is 5.91 Å². The number of aliphatic hydroxyl groups excluding tert-OH is 7. The largest absolute Gasteiger partial charge is 0.394 e. The van der Waals surface area contributed by atoms with Gasteiger partial charge in [-0.1, -0.05) is 216 Å². The van der Waals surface area contributed by atoms with Crippen molar-refractivity contribution in [1.29, 1.82) is 0 Å². The molecule has 9 atom stereocenters. The van der Waals surface area contributed by atoms with E-state index < -0.39 is 74.2 Å². The summed E-state index contributed by atoms with van der Waals surface area (Å²) in [5, 5.41) is 76.1. The first-order valence-corrected chi connectivity index (χ1v) is 29.2. The first-order valence-electron chi connectivity index (χ1n) is 29.2. The highest BCUT2D eigenvalue weighted by molar-refractivity contribution is 5.80. The van der Waals surface area contributed by atoms with Crippen molar-refractivity contribution in [3.05, 3.63) is 60.8 Å². The van der Waals surface area contributed by atoms with Crippen molar-refractivity contribution in [2.75, 3.05) is 13.2 Å². The van der Waals surface area contributed by atoms with Crippen molar-refractivity contribution in [3.8, 4) is 0 Å². The highest BCUT2D eigenvalue weighted by Gasteiger charge is 2.44. The number of rotatable bonds is 49. The van der Waals surface area contributed by atoms with Gasteiger partial charge in [0.15, 0.2) is 6.29 Å². The minimum absolute atomic E-state index is 0.239. The molecule has 1 amide bonds. The lowest BCUT2D eigenvalue weighted by Gasteiger charge is -2.40. The van der Waals surface area contributed by atoms with Gasteiger partial charge in [-0.15, -0.1) is 0 Å². The lowest BCUT2D eigenvalue weighted by atomic mass is 9.98. The van der Waals surface area contributed by atoms with Crippen molar-refractivity contribution in [2.24, 2.45) is 0 Å². The van der Waals surface area contributed by atoms with Gasteiger partial charge in [-0.2, -0.15) is 0 Å². The zero-order valence-corrected chi connectivity index (χ0v) is 45.2. The first-order chi connectivity index (χ1) is 34.7. The van der Waals surface area contributed by atoms with E-state index in [1.807, 2.05) is 0 Å². The Kier molecular flexibility index (Phi) is 45.9. The summed E-state index contributed by atoms with van der Waals surface area (Å²) in [5.41, 5.74) is 0. The monoisotopic (exact) mass is 1000 g/mol. The molecule has 0 aliphatic carbocycles. The molecule has 8 N–H and O–H groups in total. The van der Waals surface area contributed by atoms with Gasteiger partial charge in [0.25, 0.3) is 0 Å². The van der Waals surface area contributed by atoms with E-state index in [9.17, 15) is 40.5 Å². The van der Waals surface area contributed by atoms with E-state index in [1.165, 1.54) is 141 Å². The quantitative estimate of drug-likeness (QED) is 0.0215. The van der Waals surface area contributed by atoms with E-state index in [2.05, 4.69) is 79.9 Å². The number of amides is 1. The van der Waals surface area contributed by atoms with Gasteiger partial charge < -0.3 is 50.5 Å². The van der Waals surface area contributed by atoms with Gasteiger partial charge in [0.2, 0.25) is 5.91 Å². The summed E-state index contributed by atoms with van der Waals surface area (Å²) in [6, 6.07) is -1.20. The maximum Gasteiger partial charge on any atom is 0.249 e. The molecule has 1 aliphatic rings. The predicted molar refractivity (Wildman–Crippen MR) is 293 cm³/mol. The zero-order valence-electron chi connectivity index (χ0n) is 45.2. The van der Waals surface area contributed by atoms with Crippen LogP contribution in [0.4, 0.5) is 0 Å². The lowest BCUT2D eigenvalue weighted by Crippen LogP contribution is -2.60. The summed E-state index contributed by atoms with van der Waals surface area (Å²) in [7, 11) is 0. The fraction of sp³-hybridized carbons (Fsp3) is 0.817. The second-order valence-electron chi connectivity index (χ2n) is 20.3. The van der Waals surface area contributed by atoms with Crippen LogP contribution >= 0.6 is 0 Å². The summed E-state index contributed by atoms with van der Waals surface area (Å²) < 4.78 is 11.1. The van der Waals surface area contributed by atoms with Gasteiger partial charge in [-0.3, -0.25) is 4.79 Å². The van der Waals surface area contributed by atoms with Crippen molar-refractivity contribution in [1.82, 2.24) is 5.32 Å². The van der Waals surface area contributed by atoms with E-state index in [-0.39, 0.29) is 12.8 Å². The van der Waals surface area contributed by atoms with Crippen LogP contribution in [0, 0.1) is 0 Å². The Hall–Kier alpha value is -2.19. The molecule has 0 aromatic rings. The standard InChI is InChI=1S/C60H109NO10/c1-3-5-7-9-11-13-15-17-19-21-23-25-26-27-28-30-31-33-35-37-39-41-43-45-47-52(63)55(65)51(50-70-60-58(68)57(67)56(66)54(49-62)71-60)61-59(69)53(64)48-46-44-42-40-38-36-34-32-29-24-22-20-18-16-14-12-10-8-6-4-2/h6,8,12,14,26-27,31,33,39,41,51-58,60,62-68H,3-5,7,9-11,13,15-25,28-30,32,34-38,40,42-50H2,1-2H3,(H,61,69)/b8-6-,14-12-,27-26+,33-31+,41-39+. The third-order valence-electron chi connectivity index (χ3n) is 13.8. The molecule has 0 spiro atoms. The van der Waals surface area contributed by atoms with Crippen molar-refractivity contribution in [3.63, 3.8) is 0 Å². The number of aliphatic hydroxyl groups is 7. The number of hydrogen-bond donors (Lipinski definition) is 8. The Labute approximate surface area is 433 Å². The van der Waals surface area contributed by atoms with Gasteiger partial charge >= 0.3 is 0 Å². The Morgan fingerprint density at radius 1 is 0.507 bits per heavy atom. The summed E-state index contributed by atoms with van der Waals surface area (Å²) in [6.45, 7) is 3.34. The van der Waals surface area contributed by atoms with Gasteiger partial charge in [-0.25, -0.2) is 0 Å². The molecule has 1 fully saturated rings. The van der Waals surface area contributed by atoms with Crippen LogP contribution in [-0.2, 0) is 14.3 Å². The topological polar surface area (TPSA) is 189 Å². The van der Waals surface area contributed by atoms with E-state index in [4.69, 9.17) is 9.47 Å². The highest BCUT2D eigenvalue weighted by atomic mass is 16.7. The number of nitrogens with one attached hydrogen (secondary N) is 1. The third kappa shape index (κ3) is 37.2. The first kappa shape index (κ1) is 66.8. The number of unbranched alkanes of at least 4 members (excludes halogenated alkanes) is 27. The van der Waals surface area contributed by atoms with E-state index in [0.29, 0.717) is 19.3 Å². The molecular weight excluding hydrogens is 895 g/mol. The van der Waals surface area contributed by atoms with E-state index >= 15 is 0 Å². The van der Waals surface area contributed by atoms with E-state index in [0.717, 1.165) is 57.8 Å². The summed E-state index contributed by atoms with van der Waals surface area (Å²) in [4.78, 5) is 13.2. The van der Waals surface area contributed by atoms with Crippen LogP contribution in [0.2, 0.25) is 0 Å². The Balaban J connectivity index is 2.35. The van der Waals surface area contributed by atoms with Crippen LogP contribution in [0.1, 0.15) is 245 Å². The SMILES string of the molecule is CC/C=C\C/C=C\CCCCCCCCCCCCCCCC(O)C(=O)NC(COC1OC(CO)C(O)C(O)C1O)C(O)C(O)CCC/C=C/CC/C=C/CC/C=C/CCCCCCCCCCCCC. The molecule has 0 aromatic heterocycles. The Morgan fingerprint density at radius 2 is 0.930 bits per heavy atom. The second-order valence-corrected chi connectivity index (χ2v) is 20.3. The minimum atomic E-state index is -1.67. The molecule has 1 rings (SSSR count). The molecule has 414 valence electrons. The van der Waals surface area contributed by atoms with Crippen LogP contribution in [0.15, 0.2) is 60.8 Å². The van der Waals surface area contributed by atoms with Crippen molar-refractivity contribution < 1.29 is 50.0 Å². The smallest absolute Gasteiger partial charge is 0.249 e. The average Bonchev–Trinajstić information content (AvgIpc) is 3.37. The molecule has 9 unspecified atom stereocenters. The van der Waals surface area contributed by atoms with Crippen molar-refractivity contribution in [2.45, 2.75) is 300 Å². The molecule has 0 radical (unpaired) electrons. The van der Waals surface area contributed by atoms with Gasteiger partial charge in [0, 0.05) is 0 Å². The number of carbonyl (C=O) groups excluding carboxylic acids is 1. The highest BCUT2D eigenvalue weighted by Crippen LogP contribution is 2.23. The van der Waals surface area contributed by atoms with Crippen LogP contribution in [0.5, 0.6) is 0 Å². The summed E-state index contributed by atoms with van der Waals surface area (Å²) >= 11 is 0. The van der Waals surface area contributed by atoms with Crippen LogP contribution in [0.25, 0.3) is 0 Å². The average molecular weight is 1000 g/mol. The molecule has 71 heavy (non-hydrogen) atoms. The number of hydrogen-bond acceptors (Lipinski definition) is 10. The van der Waals surface area contributed by atoms with E-state index in [1.54, 1.807) is 0 Å². The van der Waals surface area contributed by atoms with Crippen LogP contribution < -0.4 is 5.32 Å². The summed E-state index contributed by atoms with van der Waals surface area (Å²) in [5.74, 6) is -0.714. The molecule has 11 nitrogen and oxygen atoms in total. The molecule has 1 heterocycles. The third-order valence-corrected chi connectivity index (χ3v) is 13.8. The van der Waals surface area contributed by atoms with Crippen LogP contribution in [-0.4, -0.2) is 110 Å². The molecule has 0 aromatic carbocycles.